The minimum atomic E-state index is -0.0678. The molecule has 0 fully saturated rings. The highest BCUT2D eigenvalue weighted by molar-refractivity contribution is 5.90. The standard InChI is InChI=1S/C18H18N2O3/c1-22-12-13-5-4-6-14(11-13)19-17(21)9-10-18-20-15-7-2-3-8-16(15)23-18/h2-8,11H,9-10,12H2,1H3,(H,19,21). The third-order valence-corrected chi connectivity index (χ3v) is 3.43. The average Bonchev–Trinajstić information content (AvgIpc) is 2.96. The van der Waals surface area contributed by atoms with Crippen molar-refractivity contribution >= 4 is 22.7 Å². The molecule has 0 aliphatic rings. The van der Waals surface area contributed by atoms with Crippen molar-refractivity contribution in [3.8, 4) is 0 Å². The van der Waals surface area contributed by atoms with E-state index in [9.17, 15) is 4.79 Å². The number of anilines is 1. The van der Waals surface area contributed by atoms with Crippen LogP contribution in [0.25, 0.3) is 11.1 Å². The van der Waals surface area contributed by atoms with E-state index in [0.717, 1.165) is 22.4 Å². The number of hydrogen-bond donors (Lipinski definition) is 1. The number of ether oxygens (including phenoxy) is 1. The number of aryl methyl sites for hydroxylation is 1. The van der Waals surface area contributed by atoms with E-state index in [2.05, 4.69) is 10.3 Å². The van der Waals surface area contributed by atoms with E-state index < -0.39 is 0 Å². The van der Waals surface area contributed by atoms with Gasteiger partial charge in [-0.05, 0) is 29.8 Å². The summed E-state index contributed by atoms with van der Waals surface area (Å²) in [5.74, 6) is 0.510. The number of carbonyl (C=O) groups excluding carboxylic acids is 1. The highest BCUT2D eigenvalue weighted by Crippen LogP contribution is 2.16. The van der Waals surface area contributed by atoms with Crippen LogP contribution in [0, 0.1) is 0 Å². The van der Waals surface area contributed by atoms with Crippen LogP contribution in [-0.2, 0) is 22.6 Å². The Kier molecular flexibility index (Phi) is 4.68. The molecule has 2 aromatic carbocycles. The average molecular weight is 310 g/mol. The summed E-state index contributed by atoms with van der Waals surface area (Å²) in [6.07, 6.45) is 0.791. The molecular weight excluding hydrogens is 292 g/mol. The Morgan fingerprint density at radius 2 is 2.09 bits per heavy atom. The van der Waals surface area contributed by atoms with Gasteiger partial charge >= 0.3 is 0 Å². The number of rotatable bonds is 6. The van der Waals surface area contributed by atoms with Crippen LogP contribution >= 0.6 is 0 Å². The van der Waals surface area contributed by atoms with Crippen LogP contribution < -0.4 is 5.32 Å². The summed E-state index contributed by atoms with van der Waals surface area (Å²) in [7, 11) is 1.64. The number of nitrogens with one attached hydrogen (secondary N) is 1. The van der Waals surface area contributed by atoms with Gasteiger partial charge in [0.25, 0.3) is 0 Å². The summed E-state index contributed by atoms with van der Waals surface area (Å²) >= 11 is 0. The van der Waals surface area contributed by atoms with Crippen molar-refractivity contribution in [2.45, 2.75) is 19.4 Å². The van der Waals surface area contributed by atoms with E-state index in [1.54, 1.807) is 7.11 Å². The number of hydrogen-bond acceptors (Lipinski definition) is 4. The second-order valence-electron chi connectivity index (χ2n) is 5.26. The Labute approximate surface area is 134 Å². The molecule has 0 bridgehead atoms. The van der Waals surface area contributed by atoms with Crippen LogP contribution in [0.15, 0.2) is 52.9 Å². The van der Waals surface area contributed by atoms with Crippen LogP contribution in [0.2, 0.25) is 0 Å². The second kappa shape index (κ2) is 7.07. The molecular formula is C18H18N2O3. The van der Waals surface area contributed by atoms with E-state index in [1.165, 1.54) is 0 Å². The first-order valence-corrected chi connectivity index (χ1v) is 7.47. The highest BCUT2D eigenvalue weighted by atomic mass is 16.5. The highest BCUT2D eigenvalue weighted by Gasteiger charge is 2.09. The fourth-order valence-corrected chi connectivity index (χ4v) is 2.38. The molecule has 23 heavy (non-hydrogen) atoms. The van der Waals surface area contributed by atoms with Crippen molar-refractivity contribution in [2.24, 2.45) is 0 Å². The number of benzene rings is 2. The van der Waals surface area contributed by atoms with Gasteiger partial charge < -0.3 is 14.5 Å². The fraction of sp³-hybridized carbons (Fsp3) is 0.222. The smallest absolute Gasteiger partial charge is 0.224 e. The number of amides is 1. The first-order valence-electron chi connectivity index (χ1n) is 7.47. The van der Waals surface area contributed by atoms with E-state index in [4.69, 9.17) is 9.15 Å². The van der Waals surface area contributed by atoms with E-state index in [-0.39, 0.29) is 5.91 Å². The largest absolute Gasteiger partial charge is 0.441 e. The minimum absolute atomic E-state index is 0.0678. The Balaban J connectivity index is 1.58. The second-order valence-corrected chi connectivity index (χ2v) is 5.26. The Hall–Kier alpha value is -2.66. The van der Waals surface area contributed by atoms with Crippen molar-refractivity contribution in [2.75, 3.05) is 12.4 Å². The summed E-state index contributed by atoms with van der Waals surface area (Å²) in [5, 5.41) is 2.88. The van der Waals surface area contributed by atoms with Gasteiger partial charge in [-0.3, -0.25) is 4.79 Å². The maximum absolute atomic E-state index is 12.1. The predicted molar refractivity (Wildman–Crippen MR) is 88.1 cm³/mol. The molecule has 0 saturated carbocycles. The summed E-state index contributed by atoms with van der Waals surface area (Å²) in [5.41, 5.74) is 3.34. The van der Waals surface area contributed by atoms with Gasteiger partial charge in [-0.1, -0.05) is 24.3 Å². The molecule has 1 amide bonds. The van der Waals surface area contributed by atoms with E-state index in [1.807, 2.05) is 48.5 Å². The monoisotopic (exact) mass is 310 g/mol. The van der Waals surface area contributed by atoms with Crippen molar-refractivity contribution < 1.29 is 13.9 Å². The molecule has 1 aromatic heterocycles. The lowest BCUT2D eigenvalue weighted by atomic mass is 10.2. The molecule has 0 aliphatic heterocycles. The number of methoxy groups -OCH3 is 1. The molecule has 3 aromatic rings. The van der Waals surface area contributed by atoms with Gasteiger partial charge in [-0.2, -0.15) is 0 Å². The van der Waals surface area contributed by atoms with Crippen molar-refractivity contribution in [3.63, 3.8) is 0 Å². The van der Waals surface area contributed by atoms with Crippen LogP contribution in [0.1, 0.15) is 17.9 Å². The fourth-order valence-electron chi connectivity index (χ4n) is 2.38. The molecule has 118 valence electrons. The molecule has 1 heterocycles. The molecule has 0 atom stereocenters. The number of fused-ring (bicyclic) bond motifs is 1. The molecule has 0 spiro atoms. The predicted octanol–water partition coefficient (Wildman–Crippen LogP) is 3.55. The maximum Gasteiger partial charge on any atom is 0.224 e. The van der Waals surface area contributed by atoms with Crippen molar-refractivity contribution in [1.82, 2.24) is 4.98 Å². The summed E-state index contributed by atoms with van der Waals surface area (Å²) < 4.78 is 10.7. The number of nitrogens with zero attached hydrogens (tertiary/aromatic N) is 1. The van der Waals surface area contributed by atoms with Gasteiger partial charge in [-0.25, -0.2) is 4.98 Å². The maximum atomic E-state index is 12.1. The van der Waals surface area contributed by atoms with Crippen LogP contribution in [0.3, 0.4) is 0 Å². The third-order valence-electron chi connectivity index (χ3n) is 3.43. The normalized spacial score (nSPS) is 10.8. The number of carbonyl (C=O) groups is 1. The topological polar surface area (TPSA) is 64.4 Å². The molecule has 0 unspecified atom stereocenters. The SMILES string of the molecule is COCc1cccc(NC(=O)CCc2nc3ccccc3o2)c1. The van der Waals surface area contributed by atoms with Gasteiger partial charge in [-0.15, -0.1) is 0 Å². The number of oxazole rings is 1. The van der Waals surface area contributed by atoms with E-state index >= 15 is 0 Å². The lowest BCUT2D eigenvalue weighted by Crippen LogP contribution is -2.12. The molecule has 0 radical (unpaired) electrons. The third kappa shape index (κ3) is 3.96. The first kappa shape index (κ1) is 15.2. The number of aromatic nitrogens is 1. The Morgan fingerprint density at radius 3 is 2.91 bits per heavy atom. The van der Waals surface area contributed by atoms with Crippen molar-refractivity contribution in [3.05, 3.63) is 60.0 Å². The Bertz CT molecular complexity index is 778. The summed E-state index contributed by atoms with van der Waals surface area (Å²) in [6.45, 7) is 0.520. The molecule has 1 N–H and O–H groups in total. The van der Waals surface area contributed by atoms with E-state index in [0.29, 0.717) is 25.3 Å². The zero-order valence-corrected chi connectivity index (χ0v) is 12.9. The van der Waals surface area contributed by atoms with Gasteiger partial charge in [0.1, 0.15) is 5.52 Å². The van der Waals surface area contributed by atoms with Gasteiger partial charge in [0.15, 0.2) is 11.5 Å². The summed E-state index contributed by atoms with van der Waals surface area (Å²) in [6, 6.07) is 15.2. The van der Waals surface area contributed by atoms with Gasteiger partial charge in [0.05, 0.1) is 6.61 Å². The molecule has 0 saturated heterocycles. The quantitative estimate of drug-likeness (QED) is 0.756. The molecule has 5 nitrogen and oxygen atoms in total. The Morgan fingerprint density at radius 1 is 1.22 bits per heavy atom. The first-order chi connectivity index (χ1) is 11.2. The molecule has 0 aliphatic carbocycles. The lowest BCUT2D eigenvalue weighted by molar-refractivity contribution is -0.116. The van der Waals surface area contributed by atoms with Crippen molar-refractivity contribution in [1.29, 1.82) is 0 Å². The van der Waals surface area contributed by atoms with Gasteiger partial charge in [0, 0.05) is 25.6 Å². The van der Waals surface area contributed by atoms with Crippen LogP contribution in [-0.4, -0.2) is 18.0 Å². The molecule has 5 heteroatoms. The zero-order chi connectivity index (χ0) is 16.1. The molecule has 3 rings (SSSR count). The van der Waals surface area contributed by atoms with Gasteiger partial charge in [0.2, 0.25) is 5.91 Å². The van der Waals surface area contributed by atoms with Crippen LogP contribution in [0.5, 0.6) is 0 Å². The number of para-hydroxylation sites is 2. The van der Waals surface area contributed by atoms with Crippen LogP contribution in [0.4, 0.5) is 5.69 Å². The lowest BCUT2D eigenvalue weighted by Gasteiger charge is -2.06. The summed E-state index contributed by atoms with van der Waals surface area (Å²) in [4.78, 5) is 16.4. The zero-order valence-electron chi connectivity index (χ0n) is 12.9. The minimum Gasteiger partial charge on any atom is -0.441 e.